The molecule has 7 unspecified atom stereocenters. The molecule has 32 heavy (non-hydrogen) atoms. The lowest BCUT2D eigenvalue weighted by molar-refractivity contribution is -0.188. The van der Waals surface area contributed by atoms with E-state index in [0.29, 0.717) is 36.5 Å². The largest absolute Gasteiger partial charge is 0.449 e. The van der Waals surface area contributed by atoms with Crippen LogP contribution in [0.15, 0.2) is 16.6 Å². The fourth-order valence-corrected chi connectivity index (χ4v) is 8.18. The molecule has 0 bridgehead atoms. The Hall–Kier alpha value is -2.18. The number of carbonyl (C=O) groups is 3. The van der Waals surface area contributed by atoms with Crippen molar-refractivity contribution in [2.45, 2.75) is 78.2 Å². The first-order valence-electron chi connectivity index (χ1n) is 12.0. The molecule has 0 heterocycles. The quantitative estimate of drug-likeness (QED) is 0.391. The zero-order chi connectivity index (χ0) is 23.5. The Labute approximate surface area is 190 Å². The fraction of sp³-hybridized carbons (Fsp3) is 0.760. The zero-order valence-electron chi connectivity index (χ0n) is 19.8. The van der Waals surface area contributed by atoms with E-state index < -0.39 is 17.0 Å². The highest BCUT2D eigenvalue weighted by molar-refractivity contribution is 5.92. The van der Waals surface area contributed by atoms with Crippen molar-refractivity contribution >= 4 is 23.5 Å². The number of nitrogens with two attached hydrogens (primary N) is 2. The number of ketones is 2. The number of allylic oxidation sites excluding steroid dienone is 1. The number of rotatable bonds is 4. The molecule has 176 valence electrons. The molecule has 4 aliphatic carbocycles. The van der Waals surface area contributed by atoms with E-state index in [9.17, 15) is 14.4 Å². The Morgan fingerprint density at radius 1 is 1.16 bits per heavy atom. The van der Waals surface area contributed by atoms with E-state index >= 15 is 0 Å². The van der Waals surface area contributed by atoms with Gasteiger partial charge in [-0.2, -0.15) is 0 Å². The standard InChI is InChI=1S/C25H37N3O4/c1-14-11-17-18(23(3)8-5-16(30)12-20(14)23)6-9-24(4)19(17)7-10-25(24,15(2)29)32-21(31)13-28-22(26)27/h12,14,17-19H,5-11,13H2,1-4H3,(H4,26,27,28). The van der Waals surface area contributed by atoms with E-state index in [4.69, 9.17) is 16.2 Å². The average molecular weight is 444 g/mol. The number of esters is 1. The molecular formula is C25H37N3O4. The van der Waals surface area contributed by atoms with E-state index in [2.05, 4.69) is 25.8 Å². The van der Waals surface area contributed by atoms with Gasteiger partial charge in [0.2, 0.25) is 0 Å². The Kier molecular flexibility index (Phi) is 5.53. The number of Topliss-reactive ketones (excluding diaryl/α,β-unsaturated/α-hetero) is 1. The van der Waals surface area contributed by atoms with Crippen molar-refractivity contribution in [3.05, 3.63) is 11.6 Å². The topological polar surface area (TPSA) is 125 Å². The summed E-state index contributed by atoms with van der Waals surface area (Å²) in [6, 6.07) is 0. The molecule has 3 fully saturated rings. The average Bonchev–Trinajstić information content (AvgIpc) is 3.01. The maximum Gasteiger partial charge on any atom is 0.328 e. The van der Waals surface area contributed by atoms with E-state index in [1.807, 2.05) is 6.08 Å². The van der Waals surface area contributed by atoms with Crippen LogP contribution in [0.5, 0.6) is 0 Å². The Morgan fingerprint density at radius 2 is 1.84 bits per heavy atom. The number of fused-ring (bicyclic) bond motifs is 5. The highest BCUT2D eigenvalue weighted by atomic mass is 16.6. The molecule has 0 aliphatic heterocycles. The second kappa shape index (κ2) is 7.70. The smallest absolute Gasteiger partial charge is 0.328 e. The lowest BCUT2D eigenvalue weighted by Gasteiger charge is -2.60. The molecule has 7 heteroatoms. The predicted octanol–water partition coefficient (Wildman–Crippen LogP) is 2.91. The van der Waals surface area contributed by atoms with Gasteiger partial charge in [-0.1, -0.05) is 26.3 Å². The van der Waals surface area contributed by atoms with E-state index in [0.717, 1.165) is 32.1 Å². The van der Waals surface area contributed by atoms with Crippen molar-refractivity contribution in [1.29, 1.82) is 0 Å². The van der Waals surface area contributed by atoms with Gasteiger partial charge in [-0.25, -0.2) is 4.99 Å². The fourth-order valence-electron chi connectivity index (χ4n) is 8.18. The van der Waals surface area contributed by atoms with Gasteiger partial charge < -0.3 is 16.2 Å². The maximum absolute atomic E-state index is 13.0. The summed E-state index contributed by atoms with van der Waals surface area (Å²) in [5, 5.41) is 0. The normalized spacial score (nSPS) is 42.8. The van der Waals surface area contributed by atoms with Gasteiger partial charge in [0.1, 0.15) is 6.54 Å². The molecule has 0 saturated heterocycles. The van der Waals surface area contributed by atoms with E-state index in [1.165, 1.54) is 5.57 Å². The van der Waals surface area contributed by atoms with Crippen LogP contribution in [0.4, 0.5) is 0 Å². The highest BCUT2D eigenvalue weighted by Gasteiger charge is 2.68. The van der Waals surface area contributed by atoms with Gasteiger partial charge in [0.15, 0.2) is 23.1 Å². The summed E-state index contributed by atoms with van der Waals surface area (Å²) in [5.41, 5.74) is 10.6. The number of hydrogen-bond acceptors (Lipinski definition) is 5. The van der Waals surface area contributed by atoms with Crippen LogP contribution in [0.2, 0.25) is 0 Å². The van der Waals surface area contributed by atoms with Crippen molar-refractivity contribution in [1.82, 2.24) is 0 Å². The number of carbonyl (C=O) groups excluding carboxylic acids is 3. The van der Waals surface area contributed by atoms with Gasteiger partial charge >= 0.3 is 5.97 Å². The number of ether oxygens (including phenoxy) is 1. The summed E-state index contributed by atoms with van der Waals surface area (Å²) in [6.07, 6.45) is 7.72. The summed E-state index contributed by atoms with van der Waals surface area (Å²) in [6.45, 7) is 8.02. The van der Waals surface area contributed by atoms with Gasteiger partial charge in [0.05, 0.1) is 0 Å². The minimum atomic E-state index is -1.12. The summed E-state index contributed by atoms with van der Waals surface area (Å²) >= 11 is 0. The first-order valence-corrected chi connectivity index (χ1v) is 12.0. The van der Waals surface area contributed by atoms with Gasteiger partial charge in [-0.3, -0.25) is 14.4 Å². The molecule has 3 saturated carbocycles. The molecular weight excluding hydrogens is 406 g/mol. The molecule has 0 radical (unpaired) electrons. The third-order valence-corrected chi connectivity index (χ3v) is 9.65. The third kappa shape index (κ3) is 3.22. The highest BCUT2D eigenvalue weighted by Crippen LogP contribution is 2.69. The maximum atomic E-state index is 13.0. The van der Waals surface area contributed by atoms with E-state index in [1.54, 1.807) is 6.92 Å². The first kappa shape index (κ1) is 23.0. The Bertz CT molecular complexity index is 907. The zero-order valence-corrected chi connectivity index (χ0v) is 19.8. The van der Waals surface area contributed by atoms with Crippen LogP contribution >= 0.6 is 0 Å². The van der Waals surface area contributed by atoms with Crippen molar-refractivity contribution in [2.75, 3.05) is 6.54 Å². The molecule has 7 atom stereocenters. The van der Waals surface area contributed by atoms with Gasteiger partial charge in [-0.15, -0.1) is 0 Å². The number of guanidine groups is 1. The second-order valence-corrected chi connectivity index (χ2v) is 11.1. The van der Waals surface area contributed by atoms with Crippen molar-refractivity contribution in [3.8, 4) is 0 Å². The lowest BCUT2D eigenvalue weighted by atomic mass is 9.44. The molecule has 4 N–H and O–H groups in total. The van der Waals surface area contributed by atoms with E-state index in [-0.39, 0.29) is 29.5 Å². The lowest BCUT2D eigenvalue weighted by Crippen LogP contribution is -2.59. The van der Waals surface area contributed by atoms with Crippen LogP contribution in [-0.2, 0) is 19.1 Å². The summed E-state index contributed by atoms with van der Waals surface area (Å²) in [7, 11) is 0. The van der Waals surface area contributed by atoms with Crippen molar-refractivity contribution < 1.29 is 19.1 Å². The summed E-state index contributed by atoms with van der Waals surface area (Å²) in [5.74, 6) is 1.05. The van der Waals surface area contributed by atoms with Gasteiger partial charge in [0.25, 0.3) is 0 Å². The van der Waals surface area contributed by atoms with Crippen LogP contribution in [0.3, 0.4) is 0 Å². The first-order chi connectivity index (χ1) is 14.9. The Balaban J connectivity index is 1.66. The molecule has 0 spiro atoms. The molecule has 7 nitrogen and oxygen atoms in total. The predicted molar refractivity (Wildman–Crippen MR) is 121 cm³/mol. The summed E-state index contributed by atoms with van der Waals surface area (Å²) < 4.78 is 5.97. The van der Waals surface area contributed by atoms with Crippen LogP contribution in [0, 0.1) is 34.5 Å². The molecule has 4 aliphatic rings. The van der Waals surface area contributed by atoms with Crippen molar-refractivity contribution in [2.24, 2.45) is 51.0 Å². The van der Waals surface area contributed by atoms with Crippen LogP contribution in [0.1, 0.15) is 72.6 Å². The molecule has 0 amide bonds. The minimum Gasteiger partial charge on any atom is -0.449 e. The molecule has 0 aromatic carbocycles. The van der Waals surface area contributed by atoms with Crippen LogP contribution in [-0.4, -0.2) is 35.6 Å². The number of aliphatic imine (C=N–C) groups is 1. The molecule has 0 aromatic heterocycles. The van der Waals surface area contributed by atoms with Crippen molar-refractivity contribution in [3.63, 3.8) is 0 Å². The van der Waals surface area contributed by atoms with Gasteiger partial charge in [0, 0.05) is 11.8 Å². The molecule has 4 rings (SSSR count). The monoisotopic (exact) mass is 443 g/mol. The number of nitrogens with zero attached hydrogens (tertiary/aromatic N) is 1. The second-order valence-electron chi connectivity index (χ2n) is 11.1. The summed E-state index contributed by atoms with van der Waals surface area (Å²) in [4.78, 5) is 41.6. The Morgan fingerprint density at radius 3 is 2.50 bits per heavy atom. The third-order valence-electron chi connectivity index (χ3n) is 9.65. The van der Waals surface area contributed by atoms with Gasteiger partial charge in [-0.05, 0) is 80.6 Å². The van der Waals surface area contributed by atoms with Crippen LogP contribution < -0.4 is 11.5 Å². The minimum absolute atomic E-state index is 0.0447. The number of hydrogen-bond donors (Lipinski definition) is 2. The molecule has 0 aromatic rings. The SMILES string of the molecule is CC(=O)C1(OC(=O)CN=C(N)N)CCC2C3CC(C)C4=CC(=O)CCC4(C)C3CCC21C. The van der Waals surface area contributed by atoms with Crippen LogP contribution in [0.25, 0.3) is 0 Å².